The van der Waals surface area contributed by atoms with Crippen LogP contribution in [0.1, 0.15) is 47.9 Å². The second-order valence-corrected chi connectivity index (χ2v) is 7.21. The van der Waals surface area contributed by atoms with Gasteiger partial charge in [0.25, 0.3) is 11.8 Å². The minimum atomic E-state index is -0.439. The van der Waals surface area contributed by atoms with Crippen LogP contribution in [0.4, 0.5) is 5.69 Å². The first-order valence-electron chi connectivity index (χ1n) is 8.82. The third kappa shape index (κ3) is 5.43. The lowest BCUT2D eigenvalue weighted by atomic mass is 9.90. The number of anilines is 1. The van der Waals surface area contributed by atoms with Gasteiger partial charge in [-0.1, -0.05) is 32.0 Å². The molecule has 4 N–H and O–H groups in total. The number of carbonyl (C=O) groups excluding carboxylic acids is 2. The Labute approximate surface area is 155 Å². The Balaban J connectivity index is 2.02. The molecule has 0 saturated heterocycles. The molecular weight excluding hydrogens is 326 g/mol. The van der Waals surface area contributed by atoms with Gasteiger partial charge in [-0.15, -0.1) is 0 Å². The Morgan fingerprint density at radius 1 is 0.962 bits per heavy atom. The van der Waals surface area contributed by atoms with E-state index < -0.39 is 5.54 Å². The summed E-state index contributed by atoms with van der Waals surface area (Å²) >= 11 is 0. The number of hydrogen-bond acceptors (Lipinski definition) is 3. The van der Waals surface area contributed by atoms with Crippen molar-refractivity contribution >= 4 is 17.5 Å². The summed E-state index contributed by atoms with van der Waals surface area (Å²) in [5.74, 6) is 0.0782. The van der Waals surface area contributed by atoms with Gasteiger partial charge in [-0.2, -0.15) is 0 Å². The first-order chi connectivity index (χ1) is 12.3. The molecule has 2 aromatic rings. The summed E-state index contributed by atoms with van der Waals surface area (Å²) in [4.78, 5) is 24.7. The van der Waals surface area contributed by atoms with E-state index in [1.165, 1.54) is 0 Å². The molecule has 2 amide bonds. The fraction of sp³-hybridized carbons (Fsp3) is 0.333. The van der Waals surface area contributed by atoms with Crippen LogP contribution in [0.25, 0.3) is 0 Å². The highest BCUT2D eigenvalue weighted by molar-refractivity contribution is 6.04. The summed E-state index contributed by atoms with van der Waals surface area (Å²) in [6.07, 6.45) is 0.806. The highest BCUT2D eigenvalue weighted by Crippen LogP contribution is 2.17. The molecule has 0 aliphatic rings. The van der Waals surface area contributed by atoms with Crippen LogP contribution >= 0.6 is 0 Å². The number of carbonyl (C=O) groups is 2. The van der Waals surface area contributed by atoms with Gasteiger partial charge in [-0.25, -0.2) is 0 Å². The van der Waals surface area contributed by atoms with Crippen LogP contribution in [0.5, 0.6) is 0 Å². The molecule has 138 valence electrons. The molecule has 5 nitrogen and oxygen atoms in total. The van der Waals surface area contributed by atoms with Crippen molar-refractivity contribution in [2.45, 2.75) is 32.7 Å². The first kappa shape index (κ1) is 19.7. The van der Waals surface area contributed by atoms with Crippen LogP contribution in [0.2, 0.25) is 0 Å². The minimum Gasteiger partial charge on any atom is -0.346 e. The molecule has 26 heavy (non-hydrogen) atoms. The van der Waals surface area contributed by atoms with E-state index in [1.807, 2.05) is 25.1 Å². The van der Waals surface area contributed by atoms with Crippen LogP contribution in [0, 0.1) is 5.92 Å². The molecule has 0 bridgehead atoms. The van der Waals surface area contributed by atoms with Crippen molar-refractivity contribution in [2.24, 2.45) is 11.7 Å². The molecule has 1 atom stereocenters. The van der Waals surface area contributed by atoms with Gasteiger partial charge in [-0.05, 0) is 55.7 Å². The SMILES string of the molecule is CC(C)CC(C)(CN)NC(=O)c1ccc(NC(=O)c2ccccc2)cc1. The fourth-order valence-electron chi connectivity index (χ4n) is 2.93. The zero-order chi connectivity index (χ0) is 19.2. The second-order valence-electron chi connectivity index (χ2n) is 7.21. The number of nitrogens with two attached hydrogens (primary N) is 1. The van der Waals surface area contributed by atoms with Gasteiger partial charge in [0.05, 0.1) is 0 Å². The van der Waals surface area contributed by atoms with E-state index in [0.717, 1.165) is 6.42 Å². The van der Waals surface area contributed by atoms with Crippen LogP contribution in [-0.2, 0) is 0 Å². The lowest BCUT2D eigenvalue weighted by Gasteiger charge is -2.31. The fourth-order valence-corrected chi connectivity index (χ4v) is 2.93. The lowest BCUT2D eigenvalue weighted by Crippen LogP contribution is -2.52. The Morgan fingerprint density at radius 2 is 1.54 bits per heavy atom. The highest BCUT2D eigenvalue weighted by Gasteiger charge is 2.26. The molecular formula is C21H27N3O2. The average Bonchev–Trinajstić information content (AvgIpc) is 2.62. The zero-order valence-electron chi connectivity index (χ0n) is 15.6. The quantitative estimate of drug-likeness (QED) is 0.713. The van der Waals surface area contributed by atoms with Gasteiger partial charge >= 0.3 is 0 Å². The Hall–Kier alpha value is -2.66. The molecule has 1 unspecified atom stereocenters. The maximum absolute atomic E-state index is 12.5. The predicted molar refractivity (Wildman–Crippen MR) is 105 cm³/mol. The molecule has 2 rings (SSSR count). The van der Waals surface area contributed by atoms with Gasteiger partial charge in [0.1, 0.15) is 0 Å². The van der Waals surface area contributed by atoms with Crippen LogP contribution in [0.3, 0.4) is 0 Å². The average molecular weight is 353 g/mol. The topological polar surface area (TPSA) is 84.2 Å². The van der Waals surface area contributed by atoms with E-state index in [4.69, 9.17) is 5.73 Å². The van der Waals surface area contributed by atoms with Gasteiger partial charge in [0.15, 0.2) is 0 Å². The van der Waals surface area contributed by atoms with E-state index in [-0.39, 0.29) is 11.8 Å². The number of hydrogen-bond donors (Lipinski definition) is 3. The molecule has 2 aromatic carbocycles. The van der Waals surface area contributed by atoms with Crippen molar-refractivity contribution in [2.75, 3.05) is 11.9 Å². The summed E-state index contributed by atoms with van der Waals surface area (Å²) < 4.78 is 0. The summed E-state index contributed by atoms with van der Waals surface area (Å²) in [5.41, 5.74) is 7.17. The zero-order valence-corrected chi connectivity index (χ0v) is 15.6. The number of nitrogens with one attached hydrogen (secondary N) is 2. The Bertz CT molecular complexity index is 742. The number of amides is 2. The Kier molecular flexibility index (Phi) is 6.52. The van der Waals surface area contributed by atoms with Crippen LogP contribution in [-0.4, -0.2) is 23.9 Å². The molecule has 0 fully saturated rings. The third-order valence-electron chi connectivity index (χ3n) is 4.17. The van der Waals surface area contributed by atoms with E-state index >= 15 is 0 Å². The van der Waals surface area contributed by atoms with Gasteiger partial charge in [0.2, 0.25) is 0 Å². The van der Waals surface area contributed by atoms with Crippen LogP contribution in [0.15, 0.2) is 54.6 Å². The van der Waals surface area contributed by atoms with E-state index in [9.17, 15) is 9.59 Å². The monoisotopic (exact) mass is 353 g/mol. The number of benzene rings is 2. The second kappa shape index (κ2) is 8.63. The summed E-state index contributed by atoms with van der Waals surface area (Å²) in [5, 5.41) is 5.84. The highest BCUT2D eigenvalue weighted by atomic mass is 16.2. The normalized spacial score (nSPS) is 13.1. The first-order valence-corrected chi connectivity index (χ1v) is 8.82. The van der Waals surface area contributed by atoms with Crippen molar-refractivity contribution in [3.8, 4) is 0 Å². The molecule has 0 spiro atoms. The molecule has 0 aliphatic carbocycles. The van der Waals surface area contributed by atoms with Crippen molar-refractivity contribution in [3.63, 3.8) is 0 Å². The smallest absolute Gasteiger partial charge is 0.255 e. The van der Waals surface area contributed by atoms with Crippen molar-refractivity contribution in [3.05, 3.63) is 65.7 Å². The van der Waals surface area contributed by atoms with Crippen molar-refractivity contribution in [1.29, 1.82) is 0 Å². The minimum absolute atomic E-state index is 0.167. The standard InChI is InChI=1S/C21H27N3O2/c1-15(2)13-21(3,14-22)24-20(26)17-9-11-18(12-10-17)23-19(25)16-7-5-4-6-8-16/h4-12,15H,13-14,22H2,1-3H3,(H,23,25)(H,24,26). The lowest BCUT2D eigenvalue weighted by molar-refractivity contribution is 0.0898. The molecule has 5 heteroatoms. The van der Waals surface area contributed by atoms with Gasteiger partial charge in [-0.3, -0.25) is 9.59 Å². The van der Waals surface area contributed by atoms with E-state index in [1.54, 1.807) is 36.4 Å². The van der Waals surface area contributed by atoms with Gasteiger partial charge in [0, 0.05) is 28.9 Å². The van der Waals surface area contributed by atoms with Crippen LogP contribution < -0.4 is 16.4 Å². The number of rotatable bonds is 7. The molecule has 0 radical (unpaired) electrons. The molecule has 0 aromatic heterocycles. The predicted octanol–water partition coefficient (Wildman–Crippen LogP) is 3.43. The van der Waals surface area contributed by atoms with Crippen molar-refractivity contribution < 1.29 is 9.59 Å². The molecule has 0 heterocycles. The van der Waals surface area contributed by atoms with E-state index in [0.29, 0.717) is 29.3 Å². The largest absolute Gasteiger partial charge is 0.346 e. The maximum Gasteiger partial charge on any atom is 0.255 e. The summed E-state index contributed by atoms with van der Waals surface area (Å²) in [7, 11) is 0. The molecule has 0 aliphatic heterocycles. The molecule has 0 saturated carbocycles. The maximum atomic E-state index is 12.5. The summed E-state index contributed by atoms with van der Waals surface area (Å²) in [6, 6.07) is 15.8. The van der Waals surface area contributed by atoms with Crippen molar-refractivity contribution in [1.82, 2.24) is 5.32 Å². The van der Waals surface area contributed by atoms with E-state index in [2.05, 4.69) is 24.5 Å². The Morgan fingerprint density at radius 3 is 2.08 bits per heavy atom. The third-order valence-corrected chi connectivity index (χ3v) is 4.17. The van der Waals surface area contributed by atoms with Gasteiger partial charge < -0.3 is 16.4 Å². The summed E-state index contributed by atoms with van der Waals surface area (Å²) in [6.45, 7) is 6.54.